The SMILES string of the molecule is Cc1ccc(Cl)cc1NC(=O)CCc1ccco1. The average Bonchev–Trinajstić information content (AvgIpc) is 2.84. The maximum absolute atomic E-state index is 11.8. The Kier molecular flexibility index (Phi) is 4.05. The molecular weight excluding hydrogens is 250 g/mol. The minimum atomic E-state index is -0.0447. The summed E-state index contributed by atoms with van der Waals surface area (Å²) in [4.78, 5) is 11.8. The van der Waals surface area contributed by atoms with Gasteiger partial charge in [-0.05, 0) is 36.8 Å². The molecule has 0 saturated carbocycles. The van der Waals surface area contributed by atoms with Gasteiger partial charge in [0.05, 0.1) is 6.26 Å². The number of benzene rings is 1. The molecule has 2 aromatic rings. The van der Waals surface area contributed by atoms with Crippen LogP contribution in [0.25, 0.3) is 0 Å². The van der Waals surface area contributed by atoms with Gasteiger partial charge in [-0.1, -0.05) is 17.7 Å². The third-order valence-corrected chi connectivity index (χ3v) is 2.89. The van der Waals surface area contributed by atoms with E-state index in [9.17, 15) is 4.79 Å². The monoisotopic (exact) mass is 263 g/mol. The van der Waals surface area contributed by atoms with E-state index in [4.69, 9.17) is 16.0 Å². The summed E-state index contributed by atoms with van der Waals surface area (Å²) < 4.78 is 5.18. The van der Waals surface area contributed by atoms with E-state index < -0.39 is 0 Å². The van der Waals surface area contributed by atoms with Crippen LogP contribution in [-0.2, 0) is 11.2 Å². The van der Waals surface area contributed by atoms with Crippen molar-refractivity contribution < 1.29 is 9.21 Å². The summed E-state index contributed by atoms with van der Waals surface area (Å²) in [6, 6.07) is 9.10. The van der Waals surface area contributed by atoms with E-state index in [2.05, 4.69) is 5.32 Å². The summed E-state index contributed by atoms with van der Waals surface area (Å²) in [5, 5.41) is 3.46. The number of rotatable bonds is 4. The summed E-state index contributed by atoms with van der Waals surface area (Å²) in [6.45, 7) is 1.93. The Labute approximate surface area is 111 Å². The van der Waals surface area contributed by atoms with E-state index in [1.807, 2.05) is 25.1 Å². The molecule has 0 bridgehead atoms. The molecule has 0 saturated heterocycles. The van der Waals surface area contributed by atoms with E-state index in [1.165, 1.54) is 0 Å². The van der Waals surface area contributed by atoms with Crippen LogP contribution in [0.2, 0.25) is 5.02 Å². The number of hydrogen-bond donors (Lipinski definition) is 1. The Balaban J connectivity index is 1.92. The van der Waals surface area contributed by atoms with Crippen LogP contribution in [0.1, 0.15) is 17.7 Å². The molecule has 0 atom stereocenters. The van der Waals surface area contributed by atoms with Gasteiger partial charge in [0.15, 0.2) is 0 Å². The molecule has 0 spiro atoms. The van der Waals surface area contributed by atoms with Gasteiger partial charge in [0, 0.05) is 23.6 Å². The second kappa shape index (κ2) is 5.74. The second-order valence-corrected chi connectivity index (χ2v) is 4.52. The van der Waals surface area contributed by atoms with E-state index >= 15 is 0 Å². The van der Waals surface area contributed by atoms with Crippen LogP contribution in [0.15, 0.2) is 41.0 Å². The number of aryl methyl sites for hydroxylation is 2. The number of hydrogen-bond acceptors (Lipinski definition) is 2. The van der Waals surface area contributed by atoms with Gasteiger partial charge in [-0.15, -0.1) is 0 Å². The first-order valence-corrected chi connectivity index (χ1v) is 6.11. The Morgan fingerprint density at radius 3 is 2.94 bits per heavy atom. The zero-order valence-electron chi connectivity index (χ0n) is 10.1. The molecule has 0 aliphatic rings. The molecule has 1 amide bonds. The summed E-state index contributed by atoms with van der Waals surface area (Å²) in [5.41, 5.74) is 1.75. The fourth-order valence-corrected chi connectivity index (χ4v) is 1.81. The van der Waals surface area contributed by atoms with Crippen molar-refractivity contribution in [2.75, 3.05) is 5.32 Å². The molecule has 4 heteroatoms. The average molecular weight is 264 g/mol. The molecule has 0 aliphatic heterocycles. The van der Waals surface area contributed by atoms with E-state index in [0.717, 1.165) is 17.0 Å². The van der Waals surface area contributed by atoms with E-state index in [0.29, 0.717) is 17.9 Å². The van der Waals surface area contributed by atoms with Gasteiger partial charge in [0.2, 0.25) is 5.91 Å². The predicted molar refractivity (Wildman–Crippen MR) is 71.8 cm³/mol. The Morgan fingerprint density at radius 2 is 2.22 bits per heavy atom. The lowest BCUT2D eigenvalue weighted by atomic mass is 10.2. The first kappa shape index (κ1) is 12.7. The molecule has 0 fully saturated rings. The van der Waals surface area contributed by atoms with Crippen LogP contribution in [0.4, 0.5) is 5.69 Å². The molecule has 94 valence electrons. The maximum Gasteiger partial charge on any atom is 0.224 e. The zero-order valence-corrected chi connectivity index (χ0v) is 10.8. The van der Waals surface area contributed by atoms with Gasteiger partial charge in [-0.2, -0.15) is 0 Å². The fraction of sp³-hybridized carbons (Fsp3) is 0.214. The van der Waals surface area contributed by atoms with Crippen molar-refractivity contribution in [3.8, 4) is 0 Å². The molecule has 0 unspecified atom stereocenters. The first-order valence-electron chi connectivity index (χ1n) is 5.73. The van der Waals surface area contributed by atoms with Crippen LogP contribution < -0.4 is 5.32 Å². The zero-order chi connectivity index (χ0) is 13.0. The van der Waals surface area contributed by atoms with Crippen molar-refractivity contribution in [2.45, 2.75) is 19.8 Å². The van der Waals surface area contributed by atoms with E-state index in [-0.39, 0.29) is 5.91 Å². The smallest absolute Gasteiger partial charge is 0.224 e. The summed E-state index contributed by atoms with van der Waals surface area (Å²) in [6.07, 6.45) is 2.59. The van der Waals surface area contributed by atoms with Gasteiger partial charge in [-0.3, -0.25) is 4.79 Å². The molecule has 0 radical (unpaired) electrons. The van der Waals surface area contributed by atoms with Crippen LogP contribution in [-0.4, -0.2) is 5.91 Å². The largest absolute Gasteiger partial charge is 0.469 e. The minimum absolute atomic E-state index is 0.0447. The Bertz CT molecular complexity index is 535. The lowest BCUT2D eigenvalue weighted by Gasteiger charge is -2.08. The molecular formula is C14H14ClNO2. The topological polar surface area (TPSA) is 42.2 Å². The molecule has 1 N–H and O–H groups in total. The molecule has 3 nitrogen and oxygen atoms in total. The standard InChI is InChI=1S/C14H14ClNO2/c1-10-4-5-11(15)9-13(10)16-14(17)7-6-12-3-2-8-18-12/h2-5,8-9H,6-7H2,1H3,(H,16,17). The second-order valence-electron chi connectivity index (χ2n) is 4.09. The van der Waals surface area contributed by atoms with Crippen molar-refractivity contribution >= 4 is 23.2 Å². The van der Waals surface area contributed by atoms with E-state index in [1.54, 1.807) is 18.4 Å². The quantitative estimate of drug-likeness (QED) is 0.911. The van der Waals surface area contributed by atoms with Crippen molar-refractivity contribution in [2.24, 2.45) is 0 Å². The highest BCUT2D eigenvalue weighted by atomic mass is 35.5. The maximum atomic E-state index is 11.8. The molecule has 1 aromatic carbocycles. The fourth-order valence-electron chi connectivity index (χ4n) is 1.63. The normalized spacial score (nSPS) is 10.3. The highest BCUT2D eigenvalue weighted by molar-refractivity contribution is 6.31. The summed E-state index contributed by atoms with van der Waals surface area (Å²) in [5.74, 6) is 0.768. The number of carbonyl (C=O) groups is 1. The van der Waals surface area contributed by atoms with Crippen LogP contribution >= 0.6 is 11.6 Å². The number of carbonyl (C=O) groups excluding carboxylic acids is 1. The lowest BCUT2D eigenvalue weighted by molar-refractivity contribution is -0.116. The van der Waals surface area contributed by atoms with Crippen LogP contribution in [0.5, 0.6) is 0 Å². The van der Waals surface area contributed by atoms with Gasteiger partial charge in [-0.25, -0.2) is 0 Å². The van der Waals surface area contributed by atoms with Crippen molar-refractivity contribution in [3.63, 3.8) is 0 Å². The molecule has 2 rings (SSSR count). The molecule has 0 aliphatic carbocycles. The van der Waals surface area contributed by atoms with Gasteiger partial charge in [0.1, 0.15) is 5.76 Å². The number of amides is 1. The van der Waals surface area contributed by atoms with Crippen LogP contribution in [0.3, 0.4) is 0 Å². The molecule has 1 heterocycles. The van der Waals surface area contributed by atoms with Gasteiger partial charge in [0.25, 0.3) is 0 Å². The van der Waals surface area contributed by atoms with Crippen molar-refractivity contribution in [1.82, 2.24) is 0 Å². The highest BCUT2D eigenvalue weighted by Gasteiger charge is 2.06. The van der Waals surface area contributed by atoms with Crippen molar-refractivity contribution in [1.29, 1.82) is 0 Å². The highest BCUT2D eigenvalue weighted by Crippen LogP contribution is 2.20. The van der Waals surface area contributed by atoms with Crippen LogP contribution in [0, 0.1) is 6.92 Å². The number of nitrogens with one attached hydrogen (secondary N) is 1. The van der Waals surface area contributed by atoms with Crippen molar-refractivity contribution in [3.05, 3.63) is 52.9 Å². The molecule has 18 heavy (non-hydrogen) atoms. The number of anilines is 1. The Hall–Kier alpha value is -1.74. The Morgan fingerprint density at radius 1 is 1.39 bits per heavy atom. The van der Waals surface area contributed by atoms with Gasteiger partial charge < -0.3 is 9.73 Å². The number of halogens is 1. The lowest BCUT2D eigenvalue weighted by Crippen LogP contribution is -2.13. The van der Waals surface area contributed by atoms with Gasteiger partial charge >= 0.3 is 0 Å². The predicted octanol–water partition coefficient (Wildman–Crippen LogP) is 3.81. The minimum Gasteiger partial charge on any atom is -0.469 e. The third kappa shape index (κ3) is 3.37. The first-order chi connectivity index (χ1) is 8.65. The summed E-state index contributed by atoms with van der Waals surface area (Å²) in [7, 11) is 0. The summed E-state index contributed by atoms with van der Waals surface area (Å²) >= 11 is 5.89. The third-order valence-electron chi connectivity index (χ3n) is 2.65. The molecule has 1 aromatic heterocycles. The number of furan rings is 1.